The Kier molecular flexibility index (Phi) is 6.67. The number of rotatable bonds is 6. The molecule has 1 aromatic heterocycles. The number of hydrogen-bond acceptors (Lipinski definition) is 8. The van der Waals surface area contributed by atoms with Gasteiger partial charge in [-0.15, -0.1) is 0 Å². The Balaban J connectivity index is 1.07. The molecule has 5 aliphatic heterocycles. The minimum atomic E-state index is -0.787. The van der Waals surface area contributed by atoms with Crippen LogP contribution in [0.1, 0.15) is 68.7 Å². The molecule has 2 aromatic carbocycles. The van der Waals surface area contributed by atoms with Crippen molar-refractivity contribution in [3.05, 3.63) is 47.2 Å². The third-order valence-electron chi connectivity index (χ3n) is 12.0. The second kappa shape index (κ2) is 10.7. The number of ether oxygens (including phenoxy) is 1. The summed E-state index contributed by atoms with van der Waals surface area (Å²) in [5, 5.41) is 16.8. The number of alkyl halides is 1. The van der Waals surface area contributed by atoms with E-state index in [2.05, 4.69) is 45.1 Å². The number of nitrogens with zero attached hydrogens (tertiary/aromatic N) is 5. The minimum absolute atomic E-state index is 0.244. The number of phenols is 1. The number of phenolic OH excluding ortho intramolecular Hbond substituents is 1. The van der Waals surface area contributed by atoms with Crippen molar-refractivity contribution in [3.8, 4) is 11.8 Å². The first-order chi connectivity index (χ1) is 22.0. The monoisotopic (exact) mass is 612 g/mol. The van der Waals surface area contributed by atoms with E-state index in [0.29, 0.717) is 56.2 Å². The molecule has 1 aliphatic carbocycles. The molecule has 1 saturated carbocycles. The van der Waals surface area contributed by atoms with Crippen molar-refractivity contribution in [2.75, 3.05) is 42.6 Å². The lowest BCUT2D eigenvalue weighted by Gasteiger charge is -2.38. The number of fused-ring (bicyclic) bond motifs is 7. The Morgan fingerprint density at radius 2 is 1.91 bits per heavy atom. The van der Waals surface area contributed by atoms with Gasteiger partial charge in [0.2, 0.25) is 0 Å². The van der Waals surface area contributed by atoms with E-state index in [9.17, 15) is 9.50 Å². The average molecular weight is 613 g/mol. The van der Waals surface area contributed by atoms with Crippen molar-refractivity contribution in [1.82, 2.24) is 20.2 Å². The van der Waals surface area contributed by atoms with Crippen LogP contribution in [0.5, 0.6) is 11.8 Å². The van der Waals surface area contributed by atoms with Crippen molar-refractivity contribution < 1.29 is 14.2 Å². The van der Waals surface area contributed by atoms with E-state index < -0.39 is 6.17 Å². The molecule has 5 fully saturated rings. The maximum Gasteiger partial charge on any atom is 0.318 e. The van der Waals surface area contributed by atoms with E-state index in [1.807, 2.05) is 12.1 Å². The van der Waals surface area contributed by atoms with E-state index in [4.69, 9.17) is 14.7 Å². The zero-order valence-corrected chi connectivity index (χ0v) is 26.3. The number of aryl methyl sites for hydroxylation is 1. The van der Waals surface area contributed by atoms with Crippen molar-refractivity contribution in [2.24, 2.45) is 5.92 Å². The molecule has 0 radical (unpaired) electrons. The molecule has 4 saturated heterocycles. The highest BCUT2D eigenvalue weighted by Crippen LogP contribution is 2.52. The highest BCUT2D eigenvalue weighted by atomic mass is 19.1. The van der Waals surface area contributed by atoms with Crippen LogP contribution in [0, 0.1) is 5.92 Å². The summed E-state index contributed by atoms with van der Waals surface area (Å²) in [4.78, 5) is 17.6. The molecule has 238 valence electrons. The zero-order valence-electron chi connectivity index (χ0n) is 26.3. The lowest BCUT2D eigenvalue weighted by molar-refractivity contribution is 0.0829. The summed E-state index contributed by atoms with van der Waals surface area (Å²) in [6.45, 7) is 6.54. The second-order valence-electron chi connectivity index (χ2n) is 14.7. The standard InChI is InChI=1S/C36H45FN6O2/c1-2-22-5-3-6-23-13-28(44)14-32(33(22)23)41-12-11-29-30(20-41)39-35(40-34(29)42-18-26-9-10-27(19-42)38-26)45-21-36-15-24-7-4-8-31(24)43(36)17-25(37)16-36/h3,5-6,13-14,24-27,31,38,44H,2,4,7-12,15-21H2,1H3/t24-,25+,26?,27?,31-,36-/m1/s1. The molecule has 9 rings (SSSR count). The molecule has 8 nitrogen and oxygen atoms in total. The summed E-state index contributed by atoms with van der Waals surface area (Å²) < 4.78 is 21.5. The maximum atomic E-state index is 14.9. The smallest absolute Gasteiger partial charge is 0.318 e. The fourth-order valence-corrected chi connectivity index (χ4v) is 10.1. The summed E-state index contributed by atoms with van der Waals surface area (Å²) >= 11 is 0. The van der Waals surface area contributed by atoms with Gasteiger partial charge >= 0.3 is 6.01 Å². The van der Waals surface area contributed by atoms with Gasteiger partial charge in [-0.25, -0.2) is 4.39 Å². The Bertz CT molecular complexity index is 1620. The fourth-order valence-electron chi connectivity index (χ4n) is 10.1. The first kappa shape index (κ1) is 28.1. The van der Waals surface area contributed by atoms with Crippen LogP contribution in [-0.2, 0) is 19.4 Å². The molecule has 2 bridgehead atoms. The number of benzene rings is 2. The predicted molar refractivity (Wildman–Crippen MR) is 174 cm³/mol. The van der Waals surface area contributed by atoms with Gasteiger partial charge in [0.1, 0.15) is 24.3 Å². The van der Waals surface area contributed by atoms with E-state index in [1.165, 1.54) is 48.6 Å². The van der Waals surface area contributed by atoms with Gasteiger partial charge in [0.05, 0.1) is 17.8 Å². The number of aromatic nitrogens is 2. The molecule has 0 amide bonds. The highest BCUT2D eigenvalue weighted by Gasteiger charge is 2.58. The number of aromatic hydroxyl groups is 1. The lowest BCUT2D eigenvalue weighted by atomic mass is 9.89. The zero-order chi connectivity index (χ0) is 30.3. The molecule has 2 N–H and O–H groups in total. The van der Waals surface area contributed by atoms with Crippen molar-refractivity contribution >= 4 is 22.3 Å². The molecule has 0 spiro atoms. The van der Waals surface area contributed by atoms with Crippen LogP contribution in [0.4, 0.5) is 15.9 Å². The van der Waals surface area contributed by atoms with E-state index in [1.54, 1.807) is 0 Å². The summed E-state index contributed by atoms with van der Waals surface area (Å²) in [6, 6.07) is 12.1. The minimum Gasteiger partial charge on any atom is -0.508 e. The lowest BCUT2D eigenvalue weighted by Crippen LogP contribution is -2.52. The van der Waals surface area contributed by atoms with Gasteiger partial charge in [-0.05, 0) is 67.9 Å². The maximum absolute atomic E-state index is 14.9. The summed E-state index contributed by atoms with van der Waals surface area (Å²) in [7, 11) is 0. The van der Waals surface area contributed by atoms with Crippen molar-refractivity contribution in [1.29, 1.82) is 0 Å². The first-order valence-corrected chi connectivity index (χ1v) is 17.4. The van der Waals surface area contributed by atoms with Crippen molar-refractivity contribution in [2.45, 2.75) is 101 Å². The second-order valence-corrected chi connectivity index (χ2v) is 14.7. The molecule has 9 heteroatoms. The van der Waals surface area contributed by atoms with Gasteiger partial charge in [-0.3, -0.25) is 4.90 Å². The predicted octanol–water partition coefficient (Wildman–Crippen LogP) is 5.13. The molecule has 6 atom stereocenters. The largest absolute Gasteiger partial charge is 0.508 e. The Morgan fingerprint density at radius 1 is 1.04 bits per heavy atom. The van der Waals surface area contributed by atoms with Gasteiger partial charge in [0.15, 0.2) is 0 Å². The average Bonchev–Trinajstić information content (AvgIpc) is 3.78. The molecule has 45 heavy (non-hydrogen) atoms. The van der Waals surface area contributed by atoms with E-state index >= 15 is 0 Å². The van der Waals surface area contributed by atoms with Gasteiger partial charge in [-0.1, -0.05) is 31.5 Å². The number of hydrogen-bond donors (Lipinski definition) is 2. The van der Waals surface area contributed by atoms with Gasteiger partial charge in [0.25, 0.3) is 0 Å². The van der Waals surface area contributed by atoms with Gasteiger partial charge < -0.3 is 25.0 Å². The van der Waals surface area contributed by atoms with Crippen LogP contribution < -0.4 is 19.9 Å². The summed E-state index contributed by atoms with van der Waals surface area (Å²) in [5.41, 5.74) is 4.32. The Morgan fingerprint density at radius 3 is 2.76 bits per heavy atom. The van der Waals surface area contributed by atoms with Crippen molar-refractivity contribution in [3.63, 3.8) is 0 Å². The molecular weight excluding hydrogens is 567 g/mol. The highest BCUT2D eigenvalue weighted by molar-refractivity contribution is 5.98. The normalized spacial score (nSPS) is 32.3. The Hall–Kier alpha value is -3.17. The quantitative estimate of drug-likeness (QED) is 0.397. The number of halogens is 1. The third-order valence-corrected chi connectivity index (χ3v) is 12.0. The van der Waals surface area contributed by atoms with Crippen LogP contribution in [0.15, 0.2) is 30.3 Å². The van der Waals surface area contributed by atoms with Crippen LogP contribution in [0.25, 0.3) is 10.8 Å². The third kappa shape index (κ3) is 4.67. The molecule has 2 unspecified atom stereocenters. The molecule has 6 aliphatic rings. The molecule has 3 aromatic rings. The number of nitrogens with one attached hydrogen (secondary N) is 1. The topological polar surface area (TPSA) is 77.0 Å². The molecular formula is C36H45FN6O2. The molecule has 6 heterocycles. The first-order valence-electron chi connectivity index (χ1n) is 17.4. The van der Waals surface area contributed by atoms with Crippen LogP contribution in [-0.4, -0.2) is 82.6 Å². The number of anilines is 2. The Labute approximate surface area is 265 Å². The van der Waals surface area contributed by atoms with Gasteiger partial charge in [-0.2, -0.15) is 9.97 Å². The summed E-state index contributed by atoms with van der Waals surface area (Å²) in [5.74, 6) is 1.97. The van der Waals surface area contributed by atoms with Gasteiger partial charge in [0, 0.05) is 73.4 Å². The van der Waals surface area contributed by atoms with Crippen LogP contribution in [0.3, 0.4) is 0 Å². The van der Waals surface area contributed by atoms with Crippen LogP contribution in [0.2, 0.25) is 0 Å². The fraction of sp³-hybridized carbons (Fsp3) is 0.611. The number of piperazine rings is 1. The summed E-state index contributed by atoms with van der Waals surface area (Å²) in [6.07, 6.45) is 8.66. The van der Waals surface area contributed by atoms with Crippen LogP contribution >= 0.6 is 0 Å². The van der Waals surface area contributed by atoms with E-state index in [0.717, 1.165) is 61.5 Å². The SMILES string of the molecule is CCc1cccc2cc(O)cc(N3CCc4c(nc(OC[C@@]56C[C@H](F)CN5[C@@H]5CCC[C@@H]5C6)nc4N4CC5CCC(C4)N5)C3)c12. The van der Waals surface area contributed by atoms with E-state index in [-0.39, 0.29) is 11.3 Å².